The van der Waals surface area contributed by atoms with Crippen molar-refractivity contribution in [1.82, 2.24) is 4.48 Å². The first kappa shape index (κ1) is 14.8. The van der Waals surface area contributed by atoms with E-state index in [1.807, 2.05) is 19.1 Å². The van der Waals surface area contributed by atoms with E-state index in [0.29, 0.717) is 11.3 Å². The van der Waals surface area contributed by atoms with E-state index in [9.17, 15) is 19.9 Å². The minimum absolute atomic E-state index is 0.0642. The Hall–Kier alpha value is -1.63. The maximum Gasteiger partial charge on any atom is 0.549 e. The van der Waals surface area contributed by atoms with Gasteiger partial charge in [-0.25, -0.2) is 0 Å². The zero-order chi connectivity index (χ0) is 15.3. The van der Waals surface area contributed by atoms with Gasteiger partial charge in [0.1, 0.15) is 5.54 Å². The van der Waals surface area contributed by atoms with Gasteiger partial charge in [0.25, 0.3) is 0 Å². The molecule has 0 bridgehead atoms. The summed E-state index contributed by atoms with van der Waals surface area (Å²) in [7, 11) is -1.82. The molecule has 1 unspecified atom stereocenters. The highest BCUT2D eigenvalue weighted by Crippen LogP contribution is 2.48. The van der Waals surface area contributed by atoms with Gasteiger partial charge in [-0.1, -0.05) is 12.1 Å². The van der Waals surface area contributed by atoms with Crippen molar-refractivity contribution in [1.29, 1.82) is 0 Å². The van der Waals surface area contributed by atoms with Gasteiger partial charge in [-0.3, -0.25) is 0 Å². The van der Waals surface area contributed by atoms with Crippen molar-refractivity contribution in [3.8, 4) is 0 Å². The number of carbonyl (C=O) groups is 1. The predicted molar refractivity (Wildman–Crippen MR) is 78.9 cm³/mol. The SMILES string of the molecule is Cc1cccc2c1[N+](C(=O)O)(C(C)(C)C)C(B(O)O)=C2. The monoisotopic (exact) mass is 276 g/mol. The van der Waals surface area contributed by atoms with E-state index in [0.717, 1.165) is 5.56 Å². The number of hydrogen-bond donors (Lipinski definition) is 3. The minimum atomic E-state index is -1.82. The quantitative estimate of drug-likeness (QED) is 0.542. The lowest BCUT2D eigenvalue weighted by molar-refractivity contribution is 0.126. The number of para-hydroxylation sites is 1. The highest BCUT2D eigenvalue weighted by Gasteiger charge is 2.60. The second-order valence-corrected chi connectivity index (χ2v) is 6.08. The Balaban J connectivity index is 2.90. The molecule has 1 heterocycles. The summed E-state index contributed by atoms with van der Waals surface area (Å²) in [6.07, 6.45) is 0.441. The Morgan fingerprint density at radius 2 is 1.85 bits per heavy atom. The molecule has 1 aliphatic rings. The summed E-state index contributed by atoms with van der Waals surface area (Å²) in [6, 6.07) is 5.46. The van der Waals surface area contributed by atoms with Crippen molar-refractivity contribution in [2.24, 2.45) is 0 Å². The molecule has 0 fully saturated rings. The fourth-order valence-electron chi connectivity index (χ4n) is 3.11. The molecule has 1 aromatic rings. The molecule has 0 aromatic heterocycles. The fourth-order valence-corrected chi connectivity index (χ4v) is 3.11. The van der Waals surface area contributed by atoms with Crippen LogP contribution in [0.5, 0.6) is 0 Å². The molecule has 3 N–H and O–H groups in total. The van der Waals surface area contributed by atoms with Crippen molar-refractivity contribution in [2.45, 2.75) is 33.2 Å². The summed E-state index contributed by atoms with van der Waals surface area (Å²) < 4.78 is -0.591. The number of carboxylic acid groups (broad SMARTS) is 1. The second-order valence-electron chi connectivity index (χ2n) is 6.08. The molecule has 1 atom stereocenters. The molecule has 0 saturated carbocycles. The molecule has 0 spiro atoms. The van der Waals surface area contributed by atoms with Gasteiger partial charge in [-0.05, 0) is 33.8 Å². The van der Waals surface area contributed by atoms with Crippen LogP contribution in [0.4, 0.5) is 10.5 Å². The zero-order valence-electron chi connectivity index (χ0n) is 12.1. The maximum absolute atomic E-state index is 12.1. The first-order valence-corrected chi connectivity index (χ1v) is 6.45. The smallest absolute Gasteiger partial charge is 0.435 e. The number of rotatable bonds is 1. The van der Waals surface area contributed by atoms with E-state index >= 15 is 0 Å². The van der Waals surface area contributed by atoms with Crippen LogP contribution in [-0.4, -0.2) is 33.9 Å². The summed E-state index contributed by atoms with van der Waals surface area (Å²) in [4.78, 5) is 12.1. The van der Waals surface area contributed by atoms with Gasteiger partial charge in [0.15, 0.2) is 11.3 Å². The van der Waals surface area contributed by atoms with Crippen LogP contribution in [0.1, 0.15) is 31.9 Å². The van der Waals surface area contributed by atoms with E-state index in [1.54, 1.807) is 32.9 Å². The molecule has 1 amide bonds. The summed E-state index contributed by atoms with van der Waals surface area (Å²) in [6.45, 7) is 7.16. The molecule has 1 aromatic carbocycles. The van der Waals surface area contributed by atoms with Gasteiger partial charge >= 0.3 is 13.2 Å². The molecular formula is C14H19BNO4+. The molecule has 2 rings (SSSR count). The van der Waals surface area contributed by atoms with Crippen molar-refractivity contribution >= 4 is 25.0 Å². The van der Waals surface area contributed by atoms with Crippen LogP contribution in [0, 0.1) is 6.92 Å². The Labute approximate surface area is 118 Å². The lowest BCUT2D eigenvalue weighted by atomic mass is 9.80. The lowest BCUT2D eigenvalue weighted by Crippen LogP contribution is -2.65. The van der Waals surface area contributed by atoms with Gasteiger partial charge in [-0.2, -0.15) is 9.28 Å². The van der Waals surface area contributed by atoms with Gasteiger partial charge in [-0.15, -0.1) is 0 Å². The molecule has 6 heteroatoms. The van der Waals surface area contributed by atoms with Crippen molar-refractivity contribution in [3.05, 3.63) is 34.9 Å². The summed E-state index contributed by atoms with van der Waals surface area (Å²) in [5.74, 6) is 0. The molecule has 5 nitrogen and oxygen atoms in total. The largest absolute Gasteiger partial charge is 0.549 e. The van der Waals surface area contributed by atoms with Crippen molar-refractivity contribution < 1.29 is 19.9 Å². The Kier molecular flexibility index (Phi) is 3.28. The Morgan fingerprint density at radius 1 is 1.25 bits per heavy atom. The van der Waals surface area contributed by atoms with Crippen LogP contribution < -0.4 is 4.48 Å². The average Bonchev–Trinajstić information content (AvgIpc) is 2.65. The first-order chi connectivity index (χ1) is 9.14. The van der Waals surface area contributed by atoms with Crippen LogP contribution in [0.3, 0.4) is 0 Å². The zero-order valence-corrected chi connectivity index (χ0v) is 12.1. The molecular weight excluding hydrogens is 257 g/mol. The molecule has 0 radical (unpaired) electrons. The van der Waals surface area contributed by atoms with Crippen molar-refractivity contribution in [2.75, 3.05) is 0 Å². The molecule has 0 aliphatic carbocycles. The number of fused-ring (bicyclic) bond motifs is 1. The number of nitrogens with zero attached hydrogens (tertiary/aromatic N) is 1. The summed E-state index contributed by atoms with van der Waals surface area (Å²) in [5.41, 5.74) is 1.42. The Morgan fingerprint density at radius 3 is 2.30 bits per heavy atom. The van der Waals surface area contributed by atoms with Crippen LogP contribution in [0.15, 0.2) is 23.8 Å². The Bertz CT molecular complexity index is 604. The topological polar surface area (TPSA) is 77.8 Å². The third kappa shape index (κ3) is 1.72. The normalized spacial score (nSPS) is 21.4. The van der Waals surface area contributed by atoms with Crippen LogP contribution in [-0.2, 0) is 0 Å². The molecule has 106 valence electrons. The summed E-state index contributed by atoms with van der Waals surface area (Å²) >= 11 is 0. The minimum Gasteiger partial charge on any atom is -0.435 e. The second kappa shape index (κ2) is 4.44. The van der Waals surface area contributed by atoms with Crippen LogP contribution >= 0.6 is 0 Å². The van der Waals surface area contributed by atoms with E-state index in [2.05, 4.69) is 0 Å². The fraction of sp³-hybridized carbons (Fsp3) is 0.357. The lowest BCUT2D eigenvalue weighted by Gasteiger charge is -2.42. The maximum atomic E-state index is 12.1. The number of quaternary nitrogens is 1. The molecule has 20 heavy (non-hydrogen) atoms. The highest BCUT2D eigenvalue weighted by molar-refractivity contribution is 6.53. The number of benzene rings is 1. The van der Waals surface area contributed by atoms with Gasteiger partial charge in [0.05, 0.1) is 0 Å². The number of hydrogen-bond acceptors (Lipinski definition) is 3. The number of amides is 1. The average molecular weight is 276 g/mol. The molecule has 1 aliphatic heterocycles. The van der Waals surface area contributed by atoms with E-state index in [4.69, 9.17) is 0 Å². The number of aryl methyl sites for hydroxylation is 1. The van der Waals surface area contributed by atoms with E-state index in [-0.39, 0.29) is 5.60 Å². The molecule has 0 saturated heterocycles. The third-order valence-electron chi connectivity index (χ3n) is 3.85. The van der Waals surface area contributed by atoms with Gasteiger partial charge < -0.3 is 15.2 Å². The van der Waals surface area contributed by atoms with Crippen LogP contribution in [0.2, 0.25) is 0 Å². The first-order valence-electron chi connectivity index (χ1n) is 6.45. The van der Waals surface area contributed by atoms with Crippen LogP contribution in [0.25, 0.3) is 6.08 Å². The standard InChI is InChI=1S/C14H18BNO4/c1-9-6-5-7-10-8-11(15(19)20)16(12(9)10,13(17)18)14(2,3)4/h5-8,19-20H,1-4H3/p+1. The van der Waals surface area contributed by atoms with E-state index in [1.165, 1.54) is 0 Å². The third-order valence-corrected chi connectivity index (χ3v) is 3.85. The predicted octanol–water partition coefficient (Wildman–Crippen LogP) is 2.15. The van der Waals surface area contributed by atoms with Crippen molar-refractivity contribution in [3.63, 3.8) is 0 Å². The highest BCUT2D eigenvalue weighted by atomic mass is 16.4. The summed E-state index contributed by atoms with van der Waals surface area (Å²) in [5, 5.41) is 29.2. The van der Waals surface area contributed by atoms with Gasteiger partial charge in [0.2, 0.25) is 0 Å². The van der Waals surface area contributed by atoms with Gasteiger partial charge in [0, 0.05) is 17.2 Å². The van der Waals surface area contributed by atoms with E-state index < -0.39 is 23.2 Å².